The SMILES string of the molecule is CC(N)CNC(=O)c1cc(Br)ccc1F. The molecule has 3 nitrogen and oxygen atoms in total. The van der Waals surface area contributed by atoms with E-state index in [4.69, 9.17) is 5.73 Å². The maximum absolute atomic E-state index is 13.2. The van der Waals surface area contributed by atoms with Crippen LogP contribution >= 0.6 is 15.9 Å². The minimum Gasteiger partial charge on any atom is -0.350 e. The first kappa shape index (κ1) is 12.1. The van der Waals surface area contributed by atoms with Crippen molar-refractivity contribution in [3.63, 3.8) is 0 Å². The highest BCUT2D eigenvalue weighted by Crippen LogP contribution is 2.15. The van der Waals surface area contributed by atoms with E-state index >= 15 is 0 Å². The first-order valence-corrected chi connectivity index (χ1v) is 5.29. The van der Waals surface area contributed by atoms with Crippen LogP contribution in [-0.2, 0) is 0 Å². The van der Waals surface area contributed by atoms with Gasteiger partial charge in [-0.25, -0.2) is 4.39 Å². The van der Waals surface area contributed by atoms with Crippen LogP contribution in [0.5, 0.6) is 0 Å². The lowest BCUT2D eigenvalue weighted by Gasteiger charge is -2.08. The van der Waals surface area contributed by atoms with E-state index in [1.54, 1.807) is 6.92 Å². The van der Waals surface area contributed by atoms with Crippen LogP contribution < -0.4 is 11.1 Å². The molecule has 1 atom stereocenters. The molecule has 1 unspecified atom stereocenters. The standard InChI is InChI=1S/C10H12BrFN2O/c1-6(13)5-14-10(15)8-4-7(11)2-3-9(8)12/h2-4,6H,5,13H2,1H3,(H,14,15). The summed E-state index contributed by atoms with van der Waals surface area (Å²) in [7, 11) is 0. The quantitative estimate of drug-likeness (QED) is 0.881. The molecule has 0 aliphatic carbocycles. The molecule has 3 N–H and O–H groups in total. The van der Waals surface area contributed by atoms with Gasteiger partial charge in [0.2, 0.25) is 0 Å². The number of halogens is 2. The Morgan fingerprint density at radius 1 is 1.67 bits per heavy atom. The lowest BCUT2D eigenvalue weighted by molar-refractivity contribution is 0.0947. The smallest absolute Gasteiger partial charge is 0.254 e. The van der Waals surface area contributed by atoms with Gasteiger partial charge in [-0.1, -0.05) is 15.9 Å². The Labute approximate surface area is 96.0 Å². The number of benzene rings is 1. The third-order valence-corrected chi connectivity index (χ3v) is 2.25. The van der Waals surface area contributed by atoms with Crippen molar-refractivity contribution in [3.8, 4) is 0 Å². The zero-order valence-electron chi connectivity index (χ0n) is 8.26. The summed E-state index contributed by atoms with van der Waals surface area (Å²) < 4.78 is 13.9. The molecule has 0 radical (unpaired) electrons. The second-order valence-electron chi connectivity index (χ2n) is 3.31. The Bertz CT molecular complexity index is 368. The normalized spacial score (nSPS) is 12.3. The molecule has 0 fully saturated rings. The van der Waals surface area contributed by atoms with E-state index in [0.29, 0.717) is 11.0 Å². The number of rotatable bonds is 3. The second kappa shape index (κ2) is 5.23. The summed E-state index contributed by atoms with van der Waals surface area (Å²) in [6.07, 6.45) is 0. The Hall–Kier alpha value is -0.940. The van der Waals surface area contributed by atoms with Crippen LogP contribution in [0.1, 0.15) is 17.3 Å². The third-order valence-electron chi connectivity index (χ3n) is 1.76. The molecule has 0 aliphatic heterocycles. The largest absolute Gasteiger partial charge is 0.350 e. The molecule has 1 aromatic carbocycles. The Balaban J connectivity index is 2.77. The summed E-state index contributed by atoms with van der Waals surface area (Å²) >= 11 is 3.17. The zero-order chi connectivity index (χ0) is 11.4. The average Bonchev–Trinajstić information content (AvgIpc) is 2.18. The molecule has 1 aromatic rings. The Morgan fingerprint density at radius 3 is 2.93 bits per heavy atom. The minimum absolute atomic E-state index is 0.0185. The monoisotopic (exact) mass is 274 g/mol. The van der Waals surface area contributed by atoms with Crippen LogP contribution in [0.3, 0.4) is 0 Å². The predicted octanol–water partition coefficient (Wildman–Crippen LogP) is 1.67. The average molecular weight is 275 g/mol. The van der Waals surface area contributed by atoms with Crippen LogP contribution in [0.2, 0.25) is 0 Å². The van der Waals surface area contributed by atoms with Crippen molar-refractivity contribution in [2.45, 2.75) is 13.0 Å². The molecule has 0 bridgehead atoms. The summed E-state index contributed by atoms with van der Waals surface area (Å²) in [5.74, 6) is -0.994. The number of carbonyl (C=O) groups excluding carboxylic acids is 1. The van der Waals surface area contributed by atoms with Gasteiger partial charge in [-0.15, -0.1) is 0 Å². The van der Waals surface area contributed by atoms with Crippen molar-refractivity contribution in [2.75, 3.05) is 6.54 Å². The van der Waals surface area contributed by atoms with E-state index in [1.165, 1.54) is 18.2 Å². The fourth-order valence-corrected chi connectivity index (χ4v) is 1.38. The maximum atomic E-state index is 13.2. The fourth-order valence-electron chi connectivity index (χ4n) is 1.02. The van der Waals surface area contributed by atoms with Crippen molar-refractivity contribution in [3.05, 3.63) is 34.1 Å². The first-order valence-electron chi connectivity index (χ1n) is 4.49. The van der Waals surface area contributed by atoms with Crippen molar-refractivity contribution in [1.82, 2.24) is 5.32 Å². The van der Waals surface area contributed by atoms with Gasteiger partial charge in [0, 0.05) is 17.1 Å². The van der Waals surface area contributed by atoms with E-state index in [2.05, 4.69) is 21.2 Å². The Morgan fingerprint density at radius 2 is 2.33 bits per heavy atom. The predicted molar refractivity (Wildman–Crippen MR) is 60.1 cm³/mol. The molecular formula is C10H12BrFN2O. The number of amides is 1. The van der Waals surface area contributed by atoms with E-state index in [9.17, 15) is 9.18 Å². The van der Waals surface area contributed by atoms with E-state index in [1.807, 2.05) is 0 Å². The van der Waals surface area contributed by atoms with Crippen LogP contribution in [0.25, 0.3) is 0 Å². The van der Waals surface area contributed by atoms with Gasteiger partial charge in [0.1, 0.15) is 5.82 Å². The van der Waals surface area contributed by atoms with Gasteiger partial charge in [0.25, 0.3) is 5.91 Å². The molecular weight excluding hydrogens is 263 g/mol. The fraction of sp³-hybridized carbons (Fsp3) is 0.300. The number of nitrogens with one attached hydrogen (secondary N) is 1. The first-order chi connectivity index (χ1) is 7.00. The van der Waals surface area contributed by atoms with Crippen LogP contribution in [0.15, 0.2) is 22.7 Å². The second-order valence-corrected chi connectivity index (χ2v) is 4.23. The van der Waals surface area contributed by atoms with E-state index in [-0.39, 0.29) is 11.6 Å². The molecule has 0 saturated carbocycles. The molecule has 0 saturated heterocycles. The molecule has 0 heterocycles. The summed E-state index contributed by atoms with van der Waals surface area (Å²) in [5.41, 5.74) is 5.49. The van der Waals surface area contributed by atoms with Gasteiger partial charge in [0.05, 0.1) is 5.56 Å². The summed E-state index contributed by atoms with van der Waals surface area (Å²) in [6.45, 7) is 2.09. The van der Waals surface area contributed by atoms with Crippen molar-refractivity contribution in [2.24, 2.45) is 5.73 Å². The van der Waals surface area contributed by atoms with E-state index < -0.39 is 11.7 Å². The van der Waals surface area contributed by atoms with Crippen molar-refractivity contribution >= 4 is 21.8 Å². The van der Waals surface area contributed by atoms with Gasteiger partial charge in [-0.2, -0.15) is 0 Å². The molecule has 0 aliphatic rings. The Kier molecular flexibility index (Phi) is 4.23. The molecule has 0 spiro atoms. The molecule has 5 heteroatoms. The summed E-state index contributed by atoms with van der Waals surface area (Å²) in [5, 5.41) is 2.54. The van der Waals surface area contributed by atoms with Crippen LogP contribution in [0.4, 0.5) is 4.39 Å². The highest BCUT2D eigenvalue weighted by molar-refractivity contribution is 9.10. The molecule has 1 rings (SSSR count). The van der Waals surface area contributed by atoms with Crippen molar-refractivity contribution in [1.29, 1.82) is 0 Å². The molecule has 82 valence electrons. The van der Waals surface area contributed by atoms with Gasteiger partial charge in [-0.3, -0.25) is 4.79 Å². The zero-order valence-corrected chi connectivity index (χ0v) is 9.84. The highest BCUT2D eigenvalue weighted by Gasteiger charge is 2.11. The lowest BCUT2D eigenvalue weighted by Crippen LogP contribution is -2.35. The molecule has 1 amide bonds. The van der Waals surface area contributed by atoms with Crippen LogP contribution in [0, 0.1) is 5.82 Å². The third kappa shape index (κ3) is 3.60. The number of hydrogen-bond donors (Lipinski definition) is 2. The van der Waals surface area contributed by atoms with Gasteiger partial charge >= 0.3 is 0 Å². The topological polar surface area (TPSA) is 55.1 Å². The summed E-state index contributed by atoms with van der Waals surface area (Å²) in [6, 6.07) is 4.07. The van der Waals surface area contributed by atoms with Crippen molar-refractivity contribution < 1.29 is 9.18 Å². The van der Waals surface area contributed by atoms with Gasteiger partial charge in [-0.05, 0) is 25.1 Å². The highest BCUT2D eigenvalue weighted by atomic mass is 79.9. The number of carbonyl (C=O) groups is 1. The minimum atomic E-state index is -0.541. The molecule has 15 heavy (non-hydrogen) atoms. The van der Waals surface area contributed by atoms with Gasteiger partial charge in [0.15, 0.2) is 0 Å². The van der Waals surface area contributed by atoms with Crippen LogP contribution in [-0.4, -0.2) is 18.5 Å². The number of hydrogen-bond acceptors (Lipinski definition) is 2. The van der Waals surface area contributed by atoms with Gasteiger partial charge < -0.3 is 11.1 Å². The summed E-state index contributed by atoms with van der Waals surface area (Å²) in [4.78, 5) is 11.5. The molecule has 0 aromatic heterocycles. The lowest BCUT2D eigenvalue weighted by atomic mass is 10.2. The van der Waals surface area contributed by atoms with E-state index in [0.717, 1.165) is 0 Å². The number of nitrogens with two attached hydrogens (primary N) is 1. The maximum Gasteiger partial charge on any atom is 0.254 e.